The smallest absolute Gasteiger partial charge is 0.222 e. The second-order valence-corrected chi connectivity index (χ2v) is 4.72. The second kappa shape index (κ2) is 9.31. The maximum atomic E-state index is 12.7. The number of ether oxygens (including phenoxy) is 1. The molecule has 20 heavy (non-hydrogen) atoms. The molecule has 0 heterocycles. The lowest BCUT2D eigenvalue weighted by Gasteiger charge is -2.17. The van der Waals surface area contributed by atoms with Gasteiger partial charge in [-0.05, 0) is 43.7 Å². The molecule has 0 atom stereocenters. The number of likely N-dealkylation sites (N-methyl/N-ethyl adjacent to an activating group) is 1. The van der Waals surface area contributed by atoms with Crippen LogP contribution in [0.2, 0.25) is 0 Å². The van der Waals surface area contributed by atoms with Crippen LogP contribution >= 0.6 is 0 Å². The van der Waals surface area contributed by atoms with Crippen molar-refractivity contribution in [3.63, 3.8) is 0 Å². The fourth-order valence-electron chi connectivity index (χ4n) is 1.74. The standard InChI is InChI=1S/C15H23FN2O2/c1-18(15(19)5-3-2-4-10-17)11-12-20-14-8-6-13(16)7-9-14/h6-9H,2-5,10-12,17H2,1H3. The predicted octanol–water partition coefficient (Wildman–Crippen LogP) is 2.18. The Morgan fingerprint density at radius 3 is 2.60 bits per heavy atom. The molecule has 4 nitrogen and oxygen atoms in total. The summed E-state index contributed by atoms with van der Waals surface area (Å²) in [4.78, 5) is 13.4. The normalized spacial score (nSPS) is 10.3. The van der Waals surface area contributed by atoms with Gasteiger partial charge in [0.2, 0.25) is 5.91 Å². The number of halogens is 1. The van der Waals surface area contributed by atoms with Crippen molar-refractivity contribution in [1.82, 2.24) is 4.90 Å². The van der Waals surface area contributed by atoms with E-state index < -0.39 is 0 Å². The Balaban J connectivity index is 2.17. The average molecular weight is 282 g/mol. The molecule has 0 saturated carbocycles. The molecule has 0 saturated heterocycles. The second-order valence-electron chi connectivity index (χ2n) is 4.72. The van der Waals surface area contributed by atoms with Crippen LogP contribution in [-0.4, -0.2) is 37.6 Å². The molecule has 0 aliphatic carbocycles. The monoisotopic (exact) mass is 282 g/mol. The lowest BCUT2D eigenvalue weighted by atomic mass is 10.2. The van der Waals surface area contributed by atoms with E-state index in [4.69, 9.17) is 10.5 Å². The molecule has 5 heteroatoms. The van der Waals surface area contributed by atoms with Crippen molar-refractivity contribution in [3.8, 4) is 5.75 Å². The summed E-state index contributed by atoms with van der Waals surface area (Å²) in [6, 6.07) is 5.84. The molecule has 2 N–H and O–H groups in total. The third-order valence-electron chi connectivity index (χ3n) is 3.03. The molecular weight excluding hydrogens is 259 g/mol. The van der Waals surface area contributed by atoms with E-state index in [1.54, 1.807) is 24.1 Å². The summed E-state index contributed by atoms with van der Waals surface area (Å²) in [5, 5.41) is 0. The Labute approximate surface area is 119 Å². The van der Waals surface area contributed by atoms with E-state index in [0.29, 0.717) is 31.9 Å². The van der Waals surface area contributed by atoms with Crippen LogP contribution in [0, 0.1) is 5.82 Å². The number of nitrogens with zero attached hydrogens (tertiary/aromatic N) is 1. The van der Waals surface area contributed by atoms with Gasteiger partial charge in [0.15, 0.2) is 0 Å². The van der Waals surface area contributed by atoms with Crippen molar-refractivity contribution in [2.75, 3.05) is 26.7 Å². The Kier molecular flexibility index (Phi) is 7.65. The molecule has 0 aliphatic rings. The van der Waals surface area contributed by atoms with Gasteiger partial charge in [-0.1, -0.05) is 6.42 Å². The Morgan fingerprint density at radius 1 is 1.25 bits per heavy atom. The van der Waals surface area contributed by atoms with Gasteiger partial charge in [0.05, 0.1) is 6.54 Å². The molecule has 0 aromatic heterocycles. The fourth-order valence-corrected chi connectivity index (χ4v) is 1.74. The Hall–Kier alpha value is -1.62. The fraction of sp³-hybridized carbons (Fsp3) is 0.533. The Morgan fingerprint density at radius 2 is 1.95 bits per heavy atom. The van der Waals surface area contributed by atoms with Crippen LogP contribution in [-0.2, 0) is 4.79 Å². The first-order chi connectivity index (χ1) is 9.63. The molecule has 1 aromatic rings. The van der Waals surface area contributed by atoms with Crippen LogP contribution in [0.4, 0.5) is 4.39 Å². The summed E-state index contributed by atoms with van der Waals surface area (Å²) in [6.45, 7) is 1.60. The summed E-state index contributed by atoms with van der Waals surface area (Å²) in [5.41, 5.74) is 5.40. The predicted molar refractivity (Wildman–Crippen MR) is 77.1 cm³/mol. The molecule has 112 valence electrons. The highest BCUT2D eigenvalue weighted by Gasteiger charge is 2.08. The molecule has 1 rings (SSSR count). The lowest BCUT2D eigenvalue weighted by molar-refractivity contribution is -0.130. The number of rotatable bonds is 9. The first-order valence-electron chi connectivity index (χ1n) is 6.96. The third kappa shape index (κ3) is 6.52. The van der Waals surface area contributed by atoms with Crippen molar-refractivity contribution in [2.24, 2.45) is 5.73 Å². The van der Waals surface area contributed by atoms with Gasteiger partial charge in [-0.3, -0.25) is 4.79 Å². The maximum absolute atomic E-state index is 12.7. The largest absolute Gasteiger partial charge is 0.492 e. The number of hydrogen-bond acceptors (Lipinski definition) is 3. The number of carbonyl (C=O) groups excluding carboxylic acids is 1. The summed E-state index contributed by atoms with van der Waals surface area (Å²) in [5.74, 6) is 0.432. The number of unbranched alkanes of at least 4 members (excludes halogenated alkanes) is 2. The van der Waals surface area contributed by atoms with Crippen molar-refractivity contribution >= 4 is 5.91 Å². The van der Waals surface area contributed by atoms with Crippen LogP contribution in [0.25, 0.3) is 0 Å². The van der Waals surface area contributed by atoms with Crippen LogP contribution in [0.5, 0.6) is 5.75 Å². The third-order valence-corrected chi connectivity index (χ3v) is 3.03. The van der Waals surface area contributed by atoms with Crippen LogP contribution in [0.3, 0.4) is 0 Å². The number of benzene rings is 1. The van der Waals surface area contributed by atoms with Crippen molar-refractivity contribution in [2.45, 2.75) is 25.7 Å². The molecular formula is C15H23FN2O2. The van der Waals surface area contributed by atoms with Gasteiger partial charge >= 0.3 is 0 Å². The minimum Gasteiger partial charge on any atom is -0.492 e. The summed E-state index contributed by atoms with van der Waals surface area (Å²) >= 11 is 0. The van der Waals surface area contributed by atoms with E-state index in [1.807, 2.05) is 0 Å². The Bertz CT molecular complexity index is 395. The lowest BCUT2D eigenvalue weighted by Crippen LogP contribution is -2.30. The number of carbonyl (C=O) groups is 1. The first kappa shape index (κ1) is 16.4. The van der Waals surface area contributed by atoms with Crippen LogP contribution in [0.15, 0.2) is 24.3 Å². The van der Waals surface area contributed by atoms with Gasteiger partial charge < -0.3 is 15.4 Å². The number of nitrogens with two attached hydrogens (primary N) is 1. The quantitative estimate of drug-likeness (QED) is 0.706. The molecule has 0 fully saturated rings. The van der Waals surface area contributed by atoms with Gasteiger partial charge in [-0.25, -0.2) is 4.39 Å². The number of amides is 1. The van der Waals surface area contributed by atoms with Gasteiger partial charge in [-0.2, -0.15) is 0 Å². The number of hydrogen-bond donors (Lipinski definition) is 1. The maximum Gasteiger partial charge on any atom is 0.222 e. The van der Waals surface area contributed by atoms with E-state index in [9.17, 15) is 9.18 Å². The zero-order chi connectivity index (χ0) is 14.8. The van der Waals surface area contributed by atoms with Crippen LogP contribution in [0.1, 0.15) is 25.7 Å². The first-order valence-corrected chi connectivity index (χ1v) is 6.96. The SMILES string of the molecule is CN(CCOc1ccc(F)cc1)C(=O)CCCCCN. The van der Waals surface area contributed by atoms with Gasteiger partial charge in [-0.15, -0.1) is 0 Å². The molecule has 1 aromatic carbocycles. The minimum atomic E-state index is -0.290. The van der Waals surface area contributed by atoms with Gasteiger partial charge in [0.1, 0.15) is 18.2 Å². The molecule has 0 bridgehead atoms. The highest BCUT2D eigenvalue weighted by atomic mass is 19.1. The van der Waals surface area contributed by atoms with Crippen molar-refractivity contribution in [1.29, 1.82) is 0 Å². The summed E-state index contributed by atoms with van der Waals surface area (Å²) < 4.78 is 18.1. The topological polar surface area (TPSA) is 55.6 Å². The zero-order valence-corrected chi connectivity index (χ0v) is 12.0. The highest BCUT2D eigenvalue weighted by Crippen LogP contribution is 2.11. The zero-order valence-electron chi connectivity index (χ0n) is 12.0. The van der Waals surface area contributed by atoms with Crippen molar-refractivity contribution < 1.29 is 13.9 Å². The highest BCUT2D eigenvalue weighted by molar-refractivity contribution is 5.75. The van der Waals surface area contributed by atoms with E-state index >= 15 is 0 Å². The van der Waals surface area contributed by atoms with E-state index in [2.05, 4.69) is 0 Å². The molecule has 0 radical (unpaired) electrons. The van der Waals surface area contributed by atoms with Gasteiger partial charge in [0.25, 0.3) is 0 Å². The van der Waals surface area contributed by atoms with E-state index in [0.717, 1.165) is 19.3 Å². The van der Waals surface area contributed by atoms with Crippen LogP contribution < -0.4 is 10.5 Å². The summed E-state index contributed by atoms with van der Waals surface area (Å²) in [7, 11) is 1.76. The average Bonchev–Trinajstić information content (AvgIpc) is 2.45. The van der Waals surface area contributed by atoms with Gasteiger partial charge in [0, 0.05) is 13.5 Å². The molecule has 0 aliphatic heterocycles. The van der Waals surface area contributed by atoms with E-state index in [-0.39, 0.29) is 11.7 Å². The van der Waals surface area contributed by atoms with Crippen molar-refractivity contribution in [3.05, 3.63) is 30.1 Å². The van der Waals surface area contributed by atoms with E-state index in [1.165, 1.54) is 12.1 Å². The summed E-state index contributed by atoms with van der Waals surface area (Å²) in [6.07, 6.45) is 3.37. The molecule has 0 unspecified atom stereocenters. The molecule has 1 amide bonds. The molecule has 0 spiro atoms. The minimum absolute atomic E-state index is 0.115.